The number of amides is 1. The van der Waals surface area contributed by atoms with E-state index < -0.39 is 40.8 Å². The average Bonchev–Trinajstić information content (AvgIpc) is 2.64. The van der Waals surface area contributed by atoms with E-state index in [0.29, 0.717) is 23.9 Å². The predicted molar refractivity (Wildman–Crippen MR) is 93.9 cm³/mol. The molecular weight excluding hydrogens is 436 g/mol. The van der Waals surface area contributed by atoms with Crippen molar-refractivity contribution < 1.29 is 31.1 Å². The van der Waals surface area contributed by atoms with Crippen LogP contribution >= 0.6 is 11.8 Å². The van der Waals surface area contributed by atoms with Crippen LogP contribution in [0.5, 0.6) is 0 Å². The van der Waals surface area contributed by atoms with Crippen LogP contribution in [-0.4, -0.2) is 16.6 Å². The lowest BCUT2D eigenvalue weighted by molar-refractivity contribution is -0.143. The van der Waals surface area contributed by atoms with Crippen molar-refractivity contribution in [3.05, 3.63) is 46.5 Å². The predicted octanol–water partition coefficient (Wildman–Crippen LogP) is 4.18. The number of nitrogens with one attached hydrogen (secondary N) is 1. The molecular formula is C17H9F6N5OS. The van der Waals surface area contributed by atoms with Crippen LogP contribution in [-0.2, 0) is 17.1 Å². The molecule has 3 N–H and O–H groups in total. The van der Waals surface area contributed by atoms with Crippen molar-refractivity contribution in [1.82, 2.24) is 4.98 Å². The molecule has 0 aliphatic carbocycles. The van der Waals surface area contributed by atoms with Crippen molar-refractivity contribution in [2.45, 2.75) is 17.4 Å². The van der Waals surface area contributed by atoms with E-state index in [1.807, 2.05) is 5.32 Å². The second kappa shape index (κ2) is 8.51. The maximum absolute atomic E-state index is 12.9. The first-order valence-corrected chi connectivity index (χ1v) is 8.66. The molecule has 0 aliphatic rings. The largest absolute Gasteiger partial charge is 0.416 e. The first-order chi connectivity index (χ1) is 13.8. The molecule has 0 saturated carbocycles. The van der Waals surface area contributed by atoms with Crippen molar-refractivity contribution in [3.63, 3.8) is 0 Å². The van der Waals surface area contributed by atoms with Gasteiger partial charge in [0.25, 0.3) is 0 Å². The van der Waals surface area contributed by atoms with Gasteiger partial charge in [-0.15, -0.1) is 0 Å². The molecule has 0 bridgehead atoms. The number of nitrogens with two attached hydrogens (primary N) is 1. The summed E-state index contributed by atoms with van der Waals surface area (Å²) in [5.74, 6) is -1.64. The summed E-state index contributed by atoms with van der Waals surface area (Å²) >= 11 is 0.672. The van der Waals surface area contributed by atoms with Gasteiger partial charge >= 0.3 is 12.4 Å². The molecule has 0 spiro atoms. The Kier molecular flexibility index (Phi) is 6.47. The monoisotopic (exact) mass is 445 g/mol. The van der Waals surface area contributed by atoms with E-state index in [2.05, 4.69) is 4.98 Å². The second-order valence-electron chi connectivity index (χ2n) is 5.63. The number of halogens is 6. The van der Waals surface area contributed by atoms with Crippen LogP contribution < -0.4 is 11.1 Å². The van der Waals surface area contributed by atoms with Crippen LogP contribution in [0.15, 0.2) is 29.3 Å². The fourth-order valence-electron chi connectivity index (χ4n) is 2.15. The molecule has 156 valence electrons. The SMILES string of the molecule is N#Cc1cc(C#N)c(SCC(=O)Nc2cc(C(F)(F)F)cc(C(F)(F)F)c2)nc1N. The highest BCUT2D eigenvalue weighted by atomic mass is 32.2. The van der Waals surface area contributed by atoms with E-state index in [1.54, 1.807) is 12.1 Å². The van der Waals surface area contributed by atoms with Gasteiger partial charge in [-0.1, -0.05) is 11.8 Å². The summed E-state index contributed by atoms with van der Waals surface area (Å²) in [5.41, 5.74) is 1.54. The zero-order valence-electron chi connectivity index (χ0n) is 14.5. The third-order valence-corrected chi connectivity index (χ3v) is 4.46. The summed E-state index contributed by atoms with van der Waals surface area (Å²) in [4.78, 5) is 15.8. The molecule has 6 nitrogen and oxygen atoms in total. The third kappa shape index (κ3) is 5.55. The number of hydrogen-bond donors (Lipinski definition) is 2. The number of nitrogens with zero attached hydrogens (tertiary/aromatic N) is 3. The number of hydrogen-bond acceptors (Lipinski definition) is 6. The summed E-state index contributed by atoms with van der Waals surface area (Å²) in [6.07, 6.45) is -10.1. The molecule has 1 amide bonds. The number of pyridine rings is 1. The van der Waals surface area contributed by atoms with Crippen LogP contribution in [0, 0.1) is 22.7 Å². The van der Waals surface area contributed by atoms with Gasteiger partial charge in [-0.2, -0.15) is 36.9 Å². The highest BCUT2D eigenvalue weighted by molar-refractivity contribution is 8.00. The van der Waals surface area contributed by atoms with Gasteiger partial charge in [0.2, 0.25) is 5.91 Å². The van der Waals surface area contributed by atoms with Gasteiger partial charge in [-0.05, 0) is 24.3 Å². The lowest BCUT2D eigenvalue weighted by Crippen LogP contribution is -2.17. The highest BCUT2D eigenvalue weighted by Gasteiger charge is 2.37. The Hall–Kier alpha value is -3.45. The Labute approximate surface area is 169 Å². The molecule has 0 radical (unpaired) electrons. The molecule has 0 unspecified atom stereocenters. The summed E-state index contributed by atoms with van der Waals surface area (Å²) in [7, 11) is 0. The standard InChI is InChI=1S/C17H9F6N5OS/c18-16(19,20)10-2-11(17(21,22)23)4-12(3-10)27-13(29)7-30-15-9(6-25)1-8(5-24)14(26)28-15/h1-4H,7H2,(H2,26,28)(H,27,29). The molecule has 1 heterocycles. The average molecular weight is 445 g/mol. The number of nitriles is 2. The number of thioether (sulfide) groups is 1. The molecule has 0 aliphatic heterocycles. The Bertz CT molecular complexity index is 1040. The fraction of sp³-hybridized carbons (Fsp3) is 0.176. The summed E-state index contributed by atoms with van der Waals surface area (Å²) < 4.78 is 77.2. The van der Waals surface area contributed by atoms with E-state index in [0.717, 1.165) is 6.07 Å². The number of carbonyl (C=O) groups excluding carboxylic acids is 1. The number of benzene rings is 1. The number of rotatable bonds is 4. The van der Waals surface area contributed by atoms with E-state index in [1.165, 1.54) is 0 Å². The summed E-state index contributed by atoms with van der Waals surface area (Å²) in [6, 6.07) is 5.29. The van der Waals surface area contributed by atoms with Crippen LogP contribution in [0.25, 0.3) is 0 Å². The molecule has 2 aromatic rings. The lowest BCUT2D eigenvalue weighted by Gasteiger charge is -2.14. The molecule has 30 heavy (non-hydrogen) atoms. The second-order valence-corrected chi connectivity index (χ2v) is 6.59. The smallest absolute Gasteiger partial charge is 0.383 e. The topological polar surface area (TPSA) is 116 Å². The summed E-state index contributed by atoms with van der Waals surface area (Å²) in [6.45, 7) is 0. The van der Waals surface area contributed by atoms with E-state index >= 15 is 0 Å². The Morgan fingerprint density at radius 1 is 1.00 bits per heavy atom. The molecule has 0 atom stereocenters. The van der Waals surface area contributed by atoms with Gasteiger partial charge < -0.3 is 11.1 Å². The quantitative estimate of drug-likeness (QED) is 0.539. The van der Waals surface area contributed by atoms with Gasteiger partial charge in [0.1, 0.15) is 23.0 Å². The number of anilines is 2. The van der Waals surface area contributed by atoms with Gasteiger partial charge in [0.05, 0.1) is 28.0 Å². The maximum atomic E-state index is 12.9. The molecule has 1 aromatic heterocycles. The third-order valence-electron chi connectivity index (χ3n) is 3.47. The Balaban J connectivity index is 2.22. The number of nitrogen functional groups attached to an aromatic ring is 1. The lowest BCUT2D eigenvalue weighted by atomic mass is 10.1. The molecule has 0 fully saturated rings. The highest BCUT2D eigenvalue weighted by Crippen LogP contribution is 2.37. The van der Waals surface area contributed by atoms with Crippen LogP contribution in [0.4, 0.5) is 37.8 Å². The van der Waals surface area contributed by atoms with E-state index in [-0.39, 0.29) is 28.0 Å². The van der Waals surface area contributed by atoms with Crippen molar-refractivity contribution in [2.75, 3.05) is 16.8 Å². The van der Waals surface area contributed by atoms with Crippen LogP contribution in [0.3, 0.4) is 0 Å². The molecule has 13 heteroatoms. The van der Waals surface area contributed by atoms with Gasteiger partial charge in [-0.3, -0.25) is 4.79 Å². The van der Waals surface area contributed by atoms with E-state index in [4.69, 9.17) is 16.3 Å². The zero-order chi connectivity index (χ0) is 22.7. The van der Waals surface area contributed by atoms with Crippen molar-refractivity contribution in [1.29, 1.82) is 10.5 Å². The minimum absolute atomic E-state index is 0.0239. The fourth-order valence-corrected chi connectivity index (χ4v) is 2.91. The summed E-state index contributed by atoms with van der Waals surface area (Å²) in [5, 5.41) is 19.9. The zero-order valence-corrected chi connectivity index (χ0v) is 15.3. The minimum atomic E-state index is -5.05. The number of carbonyl (C=O) groups is 1. The Morgan fingerprint density at radius 2 is 1.53 bits per heavy atom. The van der Waals surface area contributed by atoms with Crippen molar-refractivity contribution in [2.24, 2.45) is 0 Å². The Morgan fingerprint density at radius 3 is 2.00 bits per heavy atom. The maximum Gasteiger partial charge on any atom is 0.416 e. The van der Waals surface area contributed by atoms with Gasteiger partial charge in [0.15, 0.2) is 0 Å². The number of aromatic nitrogens is 1. The van der Waals surface area contributed by atoms with Crippen LogP contribution in [0.2, 0.25) is 0 Å². The van der Waals surface area contributed by atoms with Crippen LogP contribution in [0.1, 0.15) is 22.3 Å². The number of alkyl halides is 6. The first kappa shape index (κ1) is 22.8. The molecule has 0 saturated heterocycles. The normalized spacial score (nSPS) is 11.5. The van der Waals surface area contributed by atoms with Crippen molar-refractivity contribution in [3.8, 4) is 12.1 Å². The van der Waals surface area contributed by atoms with E-state index in [9.17, 15) is 31.1 Å². The molecule has 2 rings (SSSR count). The molecule has 1 aromatic carbocycles. The first-order valence-electron chi connectivity index (χ1n) is 7.68. The van der Waals surface area contributed by atoms with Gasteiger partial charge in [0, 0.05) is 5.69 Å². The minimum Gasteiger partial charge on any atom is -0.383 e. The van der Waals surface area contributed by atoms with Gasteiger partial charge in [-0.25, -0.2) is 4.98 Å². The van der Waals surface area contributed by atoms with Crippen molar-refractivity contribution >= 4 is 29.2 Å².